The average Bonchev–Trinajstić information content (AvgIpc) is 2.96. The van der Waals surface area contributed by atoms with E-state index in [1.54, 1.807) is 6.07 Å². The van der Waals surface area contributed by atoms with E-state index >= 15 is 0 Å². The van der Waals surface area contributed by atoms with Gasteiger partial charge in [0, 0.05) is 54.2 Å². The van der Waals surface area contributed by atoms with Crippen molar-refractivity contribution in [2.24, 2.45) is 0 Å². The minimum absolute atomic E-state index is 0.143. The molecule has 4 rings (SSSR count). The molecule has 42 heavy (non-hydrogen) atoms. The number of aromatic nitrogens is 2. The number of rotatable bonds is 14. The summed E-state index contributed by atoms with van der Waals surface area (Å²) in [6.45, 7) is 12.5. The quantitative estimate of drug-likeness (QED) is 0.132. The van der Waals surface area contributed by atoms with Crippen molar-refractivity contribution >= 4 is 52.0 Å². The molecule has 226 valence electrons. The fourth-order valence-electron chi connectivity index (χ4n) is 4.81. The molecule has 0 unspecified atom stereocenters. The Hall–Kier alpha value is -2.86. The first-order chi connectivity index (χ1) is 20.2. The highest BCUT2D eigenvalue weighted by atomic mass is 79.9. The predicted molar refractivity (Wildman–Crippen MR) is 170 cm³/mol. The highest BCUT2D eigenvalue weighted by molar-refractivity contribution is 9.10. The summed E-state index contributed by atoms with van der Waals surface area (Å²) in [6.07, 6.45) is 2.30. The number of ether oxygens (including phenoxy) is 1. The van der Waals surface area contributed by atoms with Crippen molar-refractivity contribution in [3.8, 4) is 17.0 Å². The van der Waals surface area contributed by atoms with Gasteiger partial charge in [0.05, 0.1) is 36.7 Å². The molecule has 1 aliphatic heterocycles. The van der Waals surface area contributed by atoms with Crippen LogP contribution in [0, 0.1) is 0 Å². The molecule has 11 nitrogen and oxygen atoms in total. The lowest BCUT2D eigenvalue weighted by Gasteiger charge is -2.35. The van der Waals surface area contributed by atoms with Crippen LogP contribution in [-0.2, 0) is 18.4 Å². The number of halogens is 1. The second-order valence-electron chi connectivity index (χ2n) is 9.75. The van der Waals surface area contributed by atoms with Crippen LogP contribution in [-0.4, -0.2) is 84.5 Å². The van der Waals surface area contributed by atoms with Gasteiger partial charge in [0.15, 0.2) is 0 Å². The third kappa shape index (κ3) is 8.59. The van der Waals surface area contributed by atoms with Gasteiger partial charge in [-0.25, -0.2) is 9.97 Å². The number of amides is 1. The first kappa shape index (κ1) is 32.1. The van der Waals surface area contributed by atoms with Crippen molar-refractivity contribution in [1.82, 2.24) is 19.8 Å². The van der Waals surface area contributed by atoms with Gasteiger partial charge in [0.1, 0.15) is 12.0 Å². The van der Waals surface area contributed by atoms with Crippen molar-refractivity contribution < 1.29 is 23.1 Å². The molecule has 1 saturated heterocycles. The number of carbonyl (C=O) groups excluding carboxylic acids is 1. The molecule has 0 radical (unpaired) electrons. The number of nitrogens with zero attached hydrogens (tertiary/aromatic N) is 4. The molecular formula is C29H38BrN6O5P. The normalized spacial score (nSPS) is 14.6. The lowest BCUT2D eigenvalue weighted by atomic mass is 10.1. The van der Waals surface area contributed by atoms with Gasteiger partial charge in [0.2, 0.25) is 11.9 Å². The smallest absolute Gasteiger partial charge is 0.344 e. The molecule has 2 aromatic carbocycles. The van der Waals surface area contributed by atoms with E-state index in [1.807, 2.05) is 44.2 Å². The Bertz CT molecular complexity index is 1440. The molecule has 0 bridgehead atoms. The van der Waals surface area contributed by atoms with Crippen LogP contribution in [0.15, 0.2) is 53.5 Å². The highest BCUT2D eigenvalue weighted by Crippen LogP contribution is 2.48. The van der Waals surface area contributed by atoms with E-state index < -0.39 is 7.60 Å². The van der Waals surface area contributed by atoms with Crippen molar-refractivity contribution in [2.75, 3.05) is 69.9 Å². The number of piperazine rings is 1. The van der Waals surface area contributed by atoms with E-state index in [0.29, 0.717) is 48.8 Å². The first-order valence-corrected chi connectivity index (χ1v) is 16.5. The third-order valence-corrected chi connectivity index (χ3v) is 9.26. The van der Waals surface area contributed by atoms with Gasteiger partial charge in [-0.3, -0.25) is 14.3 Å². The van der Waals surface area contributed by atoms with Crippen molar-refractivity contribution in [1.29, 1.82) is 0 Å². The Labute approximate surface area is 255 Å². The summed E-state index contributed by atoms with van der Waals surface area (Å²) in [4.78, 5) is 25.7. The van der Waals surface area contributed by atoms with Crippen molar-refractivity contribution in [3.05, 3.63) is 53.5 Å². The summed E-state index contributed by atoms with van der Waals surface area (Å²) in [6, 6.07) is 11.3. The number of nitrogens with one attached hydrogen (secondary N) is 1. The molecule has 3 aromatic rings. The van der Waals surface area contributed by atoms with E-state index in [-0.39, 0.29) is 11.9 Å². The second-order valence-corrected chi connectivity index (χ2v) is 12.7. The Kier molecular flexibility index (Phi) is 11.5. The molecule has 1 amide bonds. The van der Waals surface area contributed by atoms with Gasteiger partial charge in [0.25, 0.3) is 0 Å². The van der Waals surface area contributed by atoms with E-state index in [9.17, 15) is 9.36 Å². The molecule has 0 atom stereocenters. The summed E-state index contributed by atoms with van der Waals surface area (Å²) in [7, 11) is -3.10. The standard InChI is InChI=1S/C29H38BrN6O5P/c1-4-27(37)32-25-18-23-24(33-29(31)34-28(23)21-9-7-10-22(30)17-21)19-26(25)39-16-8-11-35-12-14-36(15-13-35)20-42(38,40-5-2)41-6-3/h4,7,9-10,17-19H,1,5-6,8,11-16,20H2,2-3H3,(H,32,37)(H2,31,33,34). The maximum absolute atomic E-state index is 12.9. The summed E-state index contributed by atoms with van der Waals surface area (Å²) >= 11 is 3.51. The van der Waals surface area contributed by atoms with Crippen LogP contribution in [0.2, 0.25) is 0 Å². The lowest BCUT2D eigenvalue weighted by Crippen LogP contribution is -2.47. The number of fused-ring (bicyclic) bond motifs is 1. The van der Waals surface area contributed by atoms with Gasteiger partial charge < -0.3 is 29.7 Å². The number of anilines is 2. The molecule has 1 aliphatic rings. The van der Waals surface area contributed by atoms with Crippen LogP contribution in [0.3, 0.4) is 0 Å². The van der Waals surface area contributed by atoms with E-state index in [4.69, 9.17) is 19.5 Å². The molecule has 0 saturated carbocycles. The molecule has 0 spiro atoms. The van der Waals surface area contributed by atoms with Gasteiger partial charge in [-0.1, -0.05) is 34.6 Å². The van der Waals surface area contributed by atoms with E-state index in [0.717, 1.165) is 54.6 Å². The Morgan fingerprint density at radius 3 is 2.50 bits per heavy atom. The molecule has 1 fully saturated rings. The fourth-order valence-corrected chi connectivity index (χ4v) is 7.01. The van der Waals surface area contributed by atoms with Gasteiger partial charge in [-0.2, -0.15) is 0 Å². The zero-order chi connectivity index (χ0) is 30.1. The largest absolute Gasteiger partial charge is 0.491 e. The predicted octanol–water partition coefficient (Wildman–Crippen LogP) is 5.38. The highest BCUT2D eigenvalue weighted by Gasteiger charge is 2.29. The summed E-state index contributed by atoms with van der Waals surface area (Å²) in [5, 5.41) is 3.58. The third-order valence-electron chi connectivity index (χ3n) is 6.72. The second kappa shape index (κ2) is 15.0. The van der Waals surface area contributed by atoms with E-state index in [2.05, 4.69) is 47.6 Å². The summed E-state index contributed by atoms with van der Waals surface area (Å²) in [5.41, 5.74) is 8.69. The van der Waals surface area contributed by atoms with Gasteiger partial charge >= 0.3 is 7.60 Å². The van der Waals surface area contributed by atoms with Crippen LogP contribution in [0.5, 0.6) is 5.75 Å². The Morgan fingerprint density at radius 2 is 1.83 bits per heavy atom. The van der Waals surface area contributed by atoms with Crippen LogP contribution >= 0.6 is 23.5 Å². The fraction of sp³-hybridized carbons (Fsp3) is 0.414. The van der Waals surface area contributed by atoms with Crippen molar-refractivity contribution in [2.45, 2.75) is 20.3 Å². The molecular weight excluding hydrogens is 623 g/mol. The Morgan fingerprint density at radius 1 is 1.12 bits per heavy atom. The topological polar surface area (TPSA) is 132 Å². The SMILES string of the molecule is C=CC(=O)Nc1cc2c(-c3cccc(Br)c3)nc(N)nc2cc1OCCCN1CCN(CP(=O)(OCC)OCC)CC1. The van der Waals surface area contributed by atoms with Crippen LogP contribution < -0.4 is 15.8 Å². The number of hydrogen-bond donors (Lipinski definition) is 2. The molecule has 0 aliphatic carbocycles. The number of nitrogen functional groups attached to an aromatic ring is 1. The van der Waals surface area contributed by atoms with Gasteiger partial charge in [-0.05, 0) is 44.5 Å². The first-order valence-electron chi connectivity index (χ1n) is 14.0. The average molecular weight is 662 g/mol. The minimum atomic E-state index is -3.10. The van der Waals surface area contributed by atoms with Gasteiger partial charge in [-0.15, -0.1) is 0 Å². The zero-order valence-electron chi connectivity index (χ0n) is 24.1. The number of benzene rings is 2. The molecule has 13 heteroatoms. The minimum Gasteiger partial charge on any atom is -0.491 e. The molecule has 2 heterocycles. The summed E-state index contributed by atoms with van der Waals surface area (Å²) < 4.78 is 30.8. The monoisotopic (exact) mass is 660 g/mol. The number of nitrogens with two attached hydrogens (primary N) is 1. The zero-order valence-corrected chi connectivity index (χ0v) is 26.5. The van der Waals surface area contributed by atoms with Crippen LogP contribution in [0.1, 0.15) is 20.3 Å². The lowest BCUT2D eigenvalue weighted by molar-refractivity contribution is -0.111. The molecule has 1 aromatic heterocycles. The number of carbonyl (C=O) groups is 1. The number of hydrogen-bond acceptors (Lipinski definition) is 10. The van der Waals surface area contributed by atoms with Crippen LogP contribution in [0.4, 0.5) is 11.6 Å². The molecule has 3 N–H and O–H groups in total. The maximum atomic E-state index is 12.9. The Balaban J connectivity index is 1.41. The van der Waals surface area contributed by atoms with Crippen LogP contribution in [0.25, 0.3) is 22.2 Å². The maximum Gasteiger partial charge on any atom is 0.344 e. The van der Waals surface area contributed by atoms with E-state index in [1.165, 1.54) is 6.08 Å². The summed E-state index contributed by atoms with van der Waals surface area (Å²) in [5.74, 6) is 0.281. The van der Waals surface area contributed by atoms with Crippen molar-refractivity contribution in [3.63, 3.8) is 0 Å².